The van der Waals surface area contributed by atoms with Crippen molar-refractivity contribution in [3.05, 3.63) is 23.8 Å². The van der Waals surface area contributed by atoms with Crippen molar-refractivity contribution in [3.8, 4) is 17.6 Å². The van der Waals surface area contributed by atoms with E-state index >= 15 is 0 Å². The molecule has 2 atom stereocenters. The largest absolute Gasteiger partial charge is 0.497 e. The maximum absolute atomic E-state index is 10.2. The Morgan fingerprint density at radius 3 is 2.56 bits per heavy atom. The minimum Gasteiger partial charge on any atom is -0.497 e. The van der Waals surface area contributed by atoms with E-state index < -0.39 is 12.0 Å². The first-order chi connectivity index (χ1) is 8.71. The first-order valence-corrected chi connectivity index (χ1v) is 6.01. The van der Waals surface area contributed by atoms with Gasteiger partial charge in [-0.15, -0.1) is 0 Å². The van der Waals surface area contributed by atoms with E-state index in [1.165, 1.54) is 0 Å². The van der Waals surface area contributed by atoms with Crippen LogP contribution in [-0.4, -0.2) is 25.4 Å². The minimum absolute atomic E-state index is 0.241. The lowest BCUT2D eigenvalue weighted by atomic mass is 9.91. The van der Waals surface area contributed by atoms with Crippen LogP contribution < -0.4 is 9.47 Å². The first-order valence-electron chi connectivity index (χ1n) is 6.01. The van der Waals surface area contributed by atoms with E-state index in [0.717, 1.165) is 12.8 Å². The van der Waals surface area contributed by atoms with Gasteiger partial charge in [-0.3, -0.25) is 0 Å². The summed E-state index contributed by atoms with van der Waals surface area (Å²) in [5, 5.41) is 19.5. The van der Waals surface area contributed by atoms with Gasteiger partial charge in [-0.05, 0) is 37.0 Å². The Morgan fingerprint density at radius 2 is 2.06 bits per heavy atom. The highest BCUT2D eigenvalue weighted by Crippen LogP contribution is 2.41. The quantitative estimate of drug-likeness (QED) is 0.865. The zero-order chi connectivity index (χ0) is 13.1. The van der Waals surface area contributed by atoms with Gasteiger partial charge < -0.3 is 14.6 Å². The predicted molar refractivity (Wildman–Crippen MR) is 66.6 cm³/mol. The van der Waals surface area contributed by atoms with Crippen molar-refractivity contribution in [2.45, 2.75) is 24.9 Å². The van der Waals surface area contributed by atoms with Gasteiger partial charge in [0, 0.05) is 5.56 Å². The maximum Gasteiger partial charge on any atom is 0.123 e. The van der Waals surface area contributed by atoms with Crippen LogP contribution in [0.3, 0.4) is 0 Å². The lowest BCUT2D eigenvalue weighted by Crippen LogP contribution is -2.20. The average Bonchev–Trinajstić information content (AvgIpc) is 3.23. The first kappa shape index (κ1) is 12.7. The van der Waals surface area contributed by atoms with Gasteiger partial charge in [0.1, 0.15) is 17.4 Å². The van der Waals surface area contributed by atoms with Crippen LogP contribution in [0.15, 0.2) is 18.2 Å². The fourth-order valence-electron chi connectivity index (χ4n) is 2.12. The SMILES string of the molecule is COc1ccc(OC)c(C(C#N)C(O)C2CC2)c1. The molecule has 0 radical (unpaired) electrons. The van der Waals surface area contributed by atoms with Crippen molar-refractivity contribution in [3.63, 3.8) is 0 Å². The monoisotopic (exact) mass is 247 g/mol. The van der Waals surface area contributed by atoms with Gasteiger partial charge in [0.2, 0.25) is 0 Å². The highest BCUT2D eigenvalue weighted by atomic mass is 16.5. The Balaban J connectivity index is 2.36. The summed E-state index contributed by atoms with van der Waals surface area (Å²) in [5.74, 6) is 0.948. The van der Waals surface area contributed by atoms with Crippen LogP contribution in [0.25, 0.3) is 0 Å². The van der Waals surface area contributed by atoms with E-state index in [4.69, 9.17) is 9.47 Å². The summed E-state index contributed by atoms with van der Waals surface area (Å²) in [6, 6.07) is 7.48. The molecule has 96 valence electrons. The van der Waals surface area contributed by atoms with Crippen LogP contribution in [0, 0.1) is 17.2 Å². The Morgan fingerprint density at radius 1 is 1.33 bits per heavy atom. The van der Waals surface area contributed by atoms with E-state index in [2.05, 4.69) is 6.07 Å². The lowest BCUT2D eigenvalue weighted by molar-refractivity contribution is 0.137. The molecule has 0 saturated heterocycles. The molecule has 2 unspecified atom stereocenters. The number of rotatable bonds is 5. The van der Waals surface area contributed by atoms with Crippen molar-refractivity contribution in [1.29, 1.82) is 5.26 Å². The standard InChI is InChI=1S/C14H17NO3/c1-17-10-5-6-13(18-2)11(7-10)12(8-15)14(16)9-3-4-9/h5-7,9,12,14,16H,3-4H2,1-2H3. The summed E-state index contributed by atoms with van der Waals surface area (Å²) >= 11 is 0. The molecule has 1 saturated carbocycles. The average molecular weight is 247 g/mol. The number of aliphatic hydroxyl groups is 1. The number of benzene rings is 1. The molecule has 1 aromatic rings. The van der Waals surface area contributed by atoms with Crippen LogP contribution in [-0.2, 0) is 0 Å². The normalized spacial score (nSPS) is 17.7. The molecule has 1 aromatic carbocycles. The molecule has 0 heterocycles. The molecule has 18 heavy (non-hydrogen) atoms. The second kappa shape index (κ2) is 5.28. The van der Waals surface area contributed by atoms with E-state index in [1.54, 1.807) is 32.4 Å². The van der Waals surface area contributed by atoms with Gasteiger partial charge in [0.05, 0.1) is 26.4 Å². The van der Waals surface area contributed by atoms with Crippen molar-refractivity contribution in [1.82, 2.24) is 0 Å². The van der Waals surface area contributed by atoms with Crippen molar-refractivity contribution in [2.24, 2.45) is 5.92 Å². The third kappa shape index (κ3) is 2.41. The highest BCUT2D eigenvalue weighted by Gasteiger charge is 2.37. The molecular formula is C14H17NO3. The molecule has 4 heteroatoms. The summed E-state index contributed by atoms with van der Waals surface area (Å²) in [6.07, 6.45) is 1.35. The number of hydrogen-bond acceptors (Lipinski definition) is 4. The Labute approximate surface area is 107 Å². The number of nitrogens with zero attached hydrogens (tertiary/aromatic N) is 1. The third-order valence-corrected chi connectivity index (χ3v) is 3.36. The summed E-state index contributed by atoms with van der Waals surface area (Å²) in [6.45, 7) is 0. The van der Waals surface area contributed by atoms with Crippen LogP contribution in [0.1, 0.15) is 24.3 Å². The van der Waals surface area contributed by atoms with Gasteiger partial charge in [0.15, 0.2) is 0 Å². The highest BCUT2D eigenvalue weighted by molar-refractivity contribution is 5.45. The zero-order valence-corrected chi connectivity index (χ0v) is 10.6. The van der Waals surface area contributed by atoms with Gasteiger partial charge >= 0.3 is 0 Å². The molecule has 0 spiro atoms. The van der Waals surface area contributed by atoms with Crippen molar-refractivity contribution in [2.75, 3.05) is 14.2 Å². The maximum atomic E-state index is 10.2. The van der Waals surface area contributed by atoms with Crippen LogP contribution in [0.4, 0.5) is 0 Å². The third-order valence-electron chi connectivity index (χ3n) is 3.36. The zero-order valence-electron chi connectivity index (χ0n) is 10.6. The Kier molecular flexibility index (Phi) is 3.73. The minimum atomic E-state index is -0.629. The molecule has 1 fully saturated rings. The molecule has 4 nitrogen and oxygen atoms in total. The number of methoxy groups -OCH3 is 2. The Hall–Kier alpha value is -1.73. The van der Waals surface area contributed by atoms with Crippen LogP contribution >= 0.6 is 0 Å². The van der Waals surface area contributed by atoms with E-state index in [9.17, 15) is 10.4 Å². The smallest absolute Gasteiger partial charge is 0.123 e. The van der Waals surface area contributed by atoms with Crippen LogP contribution in [0.5, 0.6) is 11.5 Å². The van der Waals surface area contributed by atoms with Crippen molar-refractivity contribution >= 4 is 0 Å². The van der Waals surface area contributed by atoms with E-state index in [0.29, 0.717) is 17.1 Å². The van der Waals surface area contributed by atoms with E-state index in [1.807, 2.05) is 0 Å². The number of nitriles is 1. The molecule has 1 aliphatic rings. The second-order valence-corrected chi connectivity index (χ2v) is 4.54. The number of hydrogen-bond donors (Lipinski definition) is 1. The summed E-state index contributed by atoms with van der Waals surface area (Å²) in [7, 11) is 3.13. The second-order valence-electron chi connectivity index (χ2n) is 4.54. The molecule has 1 N–H and O–H groups in total. The molecule has 0 bridgehead atoms. The van der Waals surface area contributed by atoms with Gasteiger partial charge in [-0.1, -0.05) is 0 Å². The van der Waals surface area contributed by atoms with Crippen molar-refractivity contribution < 1.29 is 14.6 Å². The fourth-order valence-corrected chi connectivity index (χ4v) is 2.12. The summed E-state index contributed by atoms with van der Waals surface area (Å²) in [5.41, 5.74) is 0.693. The molecule has 0 amide bonds. The molecule has 2 rings (SSSR count). The predicted octanol–water partition coefficient (Wildman–Crippen LogP) is 2.08. The molecule has 1 aliphatic carbocycles. The van der Waals surface area contributed by atoms with E-state index in [-0.39, 0.29) is 5.92 Å². The van der Waals surface area contributed by atoms with Crippen LogP contribution in [0.2, 0.25) is 0 Å². The summed E-state index contributed by atoms with van der Waals surface area (Å²) in [4.78, 5) is 0. The lowest BCUT2D eigenvalue weighted by Gasteiger charge is -2.19. The molecular weight excluding hydrogens is 230 g/mol. The van der Waals surface area contributed by atoms with Gasteiger partial charge in [-0.2, -0.15) is 5.26 Å². The number of aliphatic hydroxyl groups excluding tert-OH is 1. The Bertz CT molecular complexity index is 463. The fraction of sp³-hybridized carbons (Fsp3) is 0.500. The number of ether oxygens (including phenoxy) is 2. The van der Waals surface area contributed by atoms with Gasteiger partial charge in [-0.25, -0.2) is 0 Å². The molecule has 0 aromatic heterocycles. The molecule has 0 aliphatic heterocycles. The topological polar surface area (TPSA) is 62.5 Å². The van der Waals surface area contributed by atoms with Gasteiger partial charge in [0.25, 0.3) is 0 Å². The summed E-state index contributed by atoms with van der Waals surface area (Å²) < 4.78 is 10.4.